The molecule has 2 aliphatic rings. The van der Waals surface area contributed by atoms with Crippen LogP contribution in [-0.4, -0.2) is 77.6 Å². The van der Waals surface area contributed by atoms with E-state index in [9.17, 15) is 9.90 Å². The number of morpholine rings is 2. The zero-order valence-corrected chi connectivity index (χ0v) is 18.8. The third-order valence-corrected chi connectivity index (χ3v) is 6.20. The molecule has 0 spiro atoms. The lowest BCUT2D eigenvalue weighted by molar-refractivity contribution is 0.0697. The minimum atomic E-state index is -0.966. The Hall–Kier alpha value is -3.30. The van der Waals surface area contributed by atoms with E-state index >= 15 is 0 Å². The van der Waals surface area contributed by atoms with Crippen LogP contribution >= 0.6 is 0 Å². The van der Waals surface area contributed by atoms with Crippen LogP contribution in [0.5, 0.6) is 0 Å². The summed E-state index contributed by atoms with van der Waals surface area (Å²) in [5.74, 6) is 0.519. The van der Waals surface area contributed by atoms with Gasteiger partial charge in [0.25, 0.3) is 0 Å². The molecule has 33 heavy (non-hydrogen) atoms. The van der Waals surface area contributed by atoms with Gasteiger partial charge in [0.1, 0.15) is 5.82 Å². The first-order chi connectivity index (χ1) is 16.0. The minimum absolute atomic E-state index is 0.154. The van der Waals surface area contributed by atoms with Crippen LogP contribution in [0.4, 0.5) is 11.8 Å². The second-order valence-corrected chi connectivity index (χ2v) is 8.54. The number of anilines is 2. The molecule has 4 heterocycles. The van der Waals surface area contributed by atoms with Crippen LogP contribution in [-0.2, 0) is 9.47 Å². The van der Waals surface area contributed by atoms with Crippen molar-refractivity contribution in [3.05, 3.63) is 42.0 Å². The molecule has 2 atom stereocenters. The second-order valence-electron chi connectivity index (χ2n) is 8.54. The van der Waals surface area contributed by atoms with E-state index in [1.807, 2.05) is 18.2 Å². The van der Waals surface area contributed by atoms with Crippen LogP contribution in [0, 0.1) is 0 Å². The number of carbonyl (C=O) groups is 1. The Labute approximate surface area is 192 Å². The van der Waals surface area contributed by atoms with Gasteiger partial charge in [-0.2, -0.15) is 9.97 Å². The summed E-state index contributed by atoms with van der Waals surface area (Å²) in [5, 5.41) is 10.2. The van der Waals surface area contributed by atoms with Crippen molar-refractivity contribution in [1.82, 2.24) is 15.0 Å². The Kier molecular flexibility index (Phi) is 5.82. The first-order valence-corrected chi connectivity index (χ1v) is 11.2. The maximum atomic E-state index is 11.4. The topological polar surface area (TPSA) is 101 Å². The van der Waals surface area contributed by atoms with Crippen molar-refractivity contribution < 1.29 is 19.4 Å². The normalized spacial score (nSPS) is 21.4. The number of pyridine rings is 1. The highest BCUT2D eigenvalue weighted by atomic mass is 16.5. The number of carboxylic acid groups (broad SMARTS) is 1. The molecule has 0 radical (unpaired) electrons. The van der Waals surface area contributed by atoms with Crippen LogP contribution < -0.4 is 9.80 Å². The van der Waals surface area contributed by atoms with Gasteiger partial charge in [0.2, 0.25) is 5.95 Å². The predicted octanol–water partition coefficient (Wildman–Crippen LogP) is 2.84. The number of carboxylic acids is 1. The summed E-state index contributed by atoms with van der Waals surface area (Å²) in [6, 6.07) is 11.0. The molecule has 2 aliphatic heterocycles. The lowest BCUT2D eigenvalue weighted by atomic mass is 10.1. The van der Waals surface area contributed by atoms with Crippen molar-refractivity contribution in [2.24, 2.45) is 0 Å². The number of benzene rings is 1. The van der Waals surface area contributed by atoms with Crippen LogP contribution in [0.25, 0.3) is 22.3 Å². The standard InChI is InChI=1S/C24H27N5O4/c1-15-13-32-10-8-28(15)22-19-6-7-20(17-4-3-5-18(12-17)23(30)31)25-21(19)26-24(27-22)29-9-11-33-14-16(29)2/h3-7,12,15-16H,8-11,13-14H2,1-2H3,(H,30,31)/t15-,16-/m1/s1. The molecular formula is C24H27N5O4. The molecule has 0 amide bonds. The minimum Gasteiger partial charge on any atom is -0.478 e. The fraction of sp³-hybridized carbons (Fsp3) is 0.417. The molecule has 9 heteroatoms. The first kappa shape index (κ1) is 21.5. The number of nitrogens with zero attached hydrogens (tertiary/aromatic N) is 5. The van der Waals surface area contributed by atoms with Gasteiger partial charge in [-0.05, 0) is 38.1 Å². The molecule has 9 nitrogen and oxygen atoms in total. The van der Waals surface area contributed by atoms with E-state index in [4.69, 9.17) is 24.4 Å². The van der Waals surface area contributed by atoms with Crippen molar-refractivity contribution in [3.63, 3.8) is 0 Å². The average molecular weight is 450 g/mol. The van der Waals surface area contributed by atoms with Gasteiger partial charge in [-0.15, -0.1) is 0 Å². The lowest BCUT2D eigenvalue weighted by Gasteiger charge is -2.37. The van der Waals surface area contributed by atoms with Crippen LogP contribution in [0.1, 0.15) is 24.2 Å². The Morgan fingerprint density at radius 2 is 1.70 bits per heavy atom. The number of rotatable bonds is 4. The quantitative estimate of drug-likeness (QED) is 0.644. The Morgan fingerprint density at radius 3 is 2.39 bits per heavy atom. The SMILES string of the molecule is C[C@@H]1COCCN1c1nc(N2CCOC[C@H]2C)c2ccc(-c3cccc(C(=O)O)c3)nc2n1. The van der Waals surface area contributed by atoms with E-state index in [1.165, 1.54) is 0 Å². The molecule has 2 fully saturated rings. The van der Waals surface area contributed by atoms with Gasteiger partial charge in [0.15, 0.2) is 5.65 Å². The third-order valence-electron chi connectivity index (χ3n) is 6.20. The molecule has 0 bridgehead atoms. The maximum Gasteiger partial charge on any atom is 0.335 e. The van der Waals surface area contributed by atoms with E-state index in [1.54, 1.807) is 18.2 Å². The Balaban J connectivity index is 1.65. The number of hydrogen-bond acceptors (Lipinski definition) is 8. The van der Waals surface area contributed by atoms with E-state index in [0.29, 0.717) is 50.3 Å². The zero-order chi connectivity index (χ0) is 22.9. The van der Waals surface area contributed by atoms with Crippen molar-refractivity contribution in [2.75, 3.05) is 49.3 Å². The monoisotopic (exact) mass is 449 g/mol. The molecular weight excluding hydrogens is 422 g/mol. The molecule has 1 aromatic carbocycles. The van der Waals surface area contributed by atoms with Crippen molar-refractivity contribution >= 4 is 28.8 Å². The van der Waals surface area contributed by atoms with Gasteiger partial charge >= 0.3 is 5.97 Å². The molecule has 5 rings (SSSR count). The molecule has 2 aromatic heterocycles. The molecule has 0 saturated carbocycles. The number of ether oxygens (including phenoxy) is 2. The largest absolute Gasteiger partial charge is 0.478 e. The smallest absolute Gasteiger partial charge is 0.335 e. The van der Waals surface area contributed by atoms with Crippen LogP contribution in [0.3, 0.4) is 0 Å². The van der Waals surface area contributed by atoms with Gasteiger partial charge in [-0.3, -0.25) is 0 Å². The van der Waals surface area contributed by atoms with Gasteiger partial charge in [0, 0.05) is 18.7 Å². The van der Waals surface area contributed by atoms with E-state index < -0.39 is 5.97 Å². The van der Waals surface area contributed by atoms with E-state index in [-0.39, 0.29) is 17.6 Å². The molecule has 172 valence electrons. The van der Waals surface area contributed by atoms with Crippen molar-refractivity contribution in [3.8, 4) is 11.3 Å². The molecule has 0 aliphatic carbocycles. The molecule has 1 N–H and O–H groups in total. The summed E-state index contributed by atoms with van der Waals surface area (Å²) in [6.07, 6.45) is 0. The molecule has 0 unspecified atom stereocenters. The highest BCUT2D eigenvalue weighted by Gasteiger charge is 2.27. The highest BCUT2D eigenvalue weighted by Crippen LogP contribution is 2.31. The van der Waals surface area contributed by atoms with Gasteiger partial charge in [-0.25, -0.2) is 9.78 Å². The summed E-state index contributed by atoms with van der Waals surface area (Å²) in [7, 11) is 0. The van der Waals surface area contributed by atoms with Gasteiger partial charge in [-0.1, -0.05) is 12.1 Å². The van der Waals surface area contributed by atoms with Gasteiger partial charge in [0.05, 0.1) is 55.2 Å². The number of fused-ring (bicyclic) bond motifs is 1. The van der Waals surface area contributed by atoms with Crippen LogP contribution in [0.15, 0.2) is 36.4 Å². The van der Waals surface area contributed by atoms with Crippen molar-refractivity contribution in [2.45, 2.75) is 25.9 Å². The predicted molar refractivity (Wildman–Crippen MR) is 125 cm³/mol. The highest BCUT2D eigenvalue weighted by molar-refractivity contribution is 5.91. The maximum absolute atomic E-state index is 11.4. The van der Waals surface area contributed by atoms with E-state index in [2.05, 4.69) is 23.6 Å². The summed E-state index contributed by atoms with van der Waals surface area (Å²) < 4.78 is 11.2. The zero-order valence-electron chi connectivity index (χ0n) is 18.8. The van der Waals surface area contributed by atoms with Crippen molar-refractivity contribution in [1.29, 1.82) is 0 Å². The summed E-state index contributed by atoms with van der Waals surface area (Å²) in [6.45, 7) is 8.23. The third kappa shape index (κ3) is 4.21. The fourth-order valence-electron chi connectivity index (χ4n) is 4.37. The van der Waals surface area contributed by atoms with E-state index in [0.717, 1.165) is 23.3 Å². The first-order valence-electron chi connectivity index (χ1n) is 11.2. The summed E-state index contributed by atoms with van der Waals surface area (Å²) in [5.41, 5.74) is 2.22. The molecule has 2 saturated heterocycles. The average Bonchev–Trinajstić information content (AvgIpc) is 2.84. The summed E-state index contributed by atoms with van der Waals surface area (Å²) in [4.78, 5) is 30.5. The number of aromatic carboxylic acids is 1. The van der Waals surface area contributed by atoms with Gasteiger partial charge < -0.3 is 24.4 Å². The Bertz CT molecular complexity index is 1190. The fourth-order valence-corrected chi connectivity index (χ4v) is 4.37. The van der Waals surface area contributed by atoms with Crippen LogP contribution in [0.2, 0.25) is 0 Å². The molecule has 3 aromatic rings. The Morgan fingerprint density at radius 1 is 0.970 bits per heavy atom. The second kappa shape index (κ2) is 8.92. The number of aromatic nitrogens is 3. The lowest BCUT2D eigenvalue weighted by Crippen LogP contribution is -2.46. The summed E-state index contributed by atoms with van der Waals surface area (Å²) >= 11 is 0. The number of hydrogen-bond donors (Lipinski definition) is 1.